The number of hydrogen-bond acceptors (Lipinski definition) is 2. The SMILES string of the molecule is C=C(c1ccccc1)[C@@]12CC[C@@H](O)C1CC(CCCCCC)=C2c1cc(N)ccc1C. The van der Waals surface area contributed by atoms with Crippen LogP contribution < -0.4 is 5.73 Å². The molecule has 2 aliphatic carbocycles. The molecule has 0 saturated heterocycles. The van der Waals surface area contributed by atoms with Crippen LogP contribution in [0.15, 0.2) is 60.7 Å². The molecule has 0 aromatic heterocycles. The predicted molar refractivity (Wildman–Crippen MR) is 133 cm³/mol. The van der Waals surface area contributed by atoms with E-state index in [-0.39, 0.29) is 17.4 Å². The van der Waals surface area contributed by atoms with Gasteiger partial charge < -0.3 is 10.8 Å². The molecule has 2 heteroatoms. The minimum Gasteiger partial charge on any atom is -0.399 e. The molecule has 0 heterocycles. The van der Waals surface area contributed by atoms with Crippen LogP contribution >= 0.6 is 0 Å². The normalized spacial score (nSPS) is 25.1. The second-order valence-corrected chi connectivity index (χ2v) is 9.60. The Bertz CT molecular complexity index is 973. The van der Waals surface area contributed by atoms with Gasteiger partial charge in [-0.2, -0.15) is 0 Å². The van der Waals surface area contributed by atoms with Gasteiger partial charge in [-0.1, -0.05) is 74.7 Å². The second-order valence-electron chi connectivity index (χ2n) is 9.60. The molecular weight excluding hydrogens is 378 g/mol. The molecule has 0 aliphatic heterocycles. The lowest BCUT2D eigenvalue weighted by Gasteiger charge is -2.37. The van der Waals surface area contributed by atoms with Gasteiger partial charge in [0.2, 0.25) is 0 Å². The van der Waals surface area contributed by atoms with Crippen LogP contribution in [0.1, 0.15) is 75.0 Å². The van der Waals surface area contributed by atoms with Crippen LogP contribution in [0.5, 0.6) is 0 Å². The minimum absolute atomic E-state index is 0.206. The number of rotatable bonds is 8. The zero-order chi connectivity index (χ0) is 22.0. The van der Waals surface area contributed by atoms with Gasteiger partial charge in [0.25, 0.3) is 0 Å². The van der Waals surface area contributed by atoms with Crippen LogP contribution in [-0.4, -0.2) is 11.2 Å². The lowest BCUT2D eigenvalue weighted by Crippen LogP contribution is -2.29. The van der Waals surface area contributed by atoms with Crippen molar-refractivity contribution >= 4 is 16.8 Å². The van der Waals surface area contributed by atoms with Gasteiger partial charge in [-0.3, -0.25) is 0 Å². The Morgan fingerprint density at radius 2 is 1.90 bits per heavy atom. The Labute approximate surface area is 187 Å². The largest absolute Gasteiger partial charge is 0.399 e. The summed E-state index contributed by atoms with van der Waals surface area (Å²) >= 11 is 0. The van der Waals surface area contributed by atoms with Crippen molar-refractivity contribution in [1.29, 1.82) is 0 Å². The van der Waals surface area contributed by atoms with Crippen molar-refractivity contribution in [1.82, 2.24) is 0 Å². The highest BCUT2D eigenvalue weighted by Crippen LogP contribution is 2.66. The summed E-state index contributed by atoms with van der Waals surface area (Å²) in [4.78, 5) is 0. The summed E-state index contributed by atoms with van der Waals surface area (Å²) < 4.78 is 0. The summed E-state index contributed by atoms with van der Waals surface area (Å²) in [6, 6.07) is 16.9. The van der Waals surface area contributed by atoms with Gasteiger partial charge in [0.1, 0.15) is 0 Å². The molecule has 2 aromatic carbocycles. The molecule has 31 heavy (non-hydrogen) atoms. The summed E-state index contributed by atoms with van der Waals surface area (Å²) in [5.41, 5.74) is 14.7. The molecule has 0 spiro atoms. The third-order valence-corrected chi connectivity index (χ3v) is 7.72. The fourth-order valence-corrected chi connectivity index (χ4v) is 6.15. The van der Waals surface area contributed by atoms with E-state index >= 15 is 0 Å². The number of benzene rings is 2. The zero-order valence-corrected chi connectivity index (χ0v) is 19.2. The van der Waals surface area contributed by atoms with Crippen LogP contribution in [0.4, 0.5) is 5.69 Å². The fourth-order valence-electron chi connectivity index (χ4n) is 6.15. The van der Waals surface area contributed by atoms with Crippen molar-refractivity contribution in [3.8, 4) is 0 Å². The quantitative estimate of drug-likeness (QED) is 0.354. The summed E-state index contributed by atoms with van der Waals surface area (Å²) in [5, 5.41) is 11.1. The van der Waals surface area contributed by atoms with Gasteiger partial charge in [0.15, 0.2) is 0 Å². The summed E-state index contributed by atoms with van der Waals surface area (Å²) in [6.45, 7) is 9.12. The average Bonchev–Trinajstić information content (AvgIpc) is 3.28. The van der Waals surface area contributed by atoms with Crippen LogP contribution in [-0.2, 0) is 0 Å². The maximum Gasteiger partial charge on any atom is 0.0583 e. The third kappa shape index (κ3) is 3.87. The summed E-state index contributed by atoms with van der Waals surface area (Å²) in [6.07, 6.45) is 8.61. The minimum atomic E-state index is -0.273. The lowest BCUT2D eigenvalue weighted by atomic mass is 9.66. The molecule has 2 aliphatic rings. The Morgan fingerprint density at radius 1 is 1.13 bits per heavy atom. The lowest BCUT2D eigenvalue weighted by molar-refractivity contribution is 0.120. The molecule has 0 amide bonds. The Balaban J connectivity index is 1.86. The number of aliphatic hydroxyl groups excluding tert-OH is 1. The van der Waals surface area contributed by atoms with E-state index in [9.17, 15) is 5.11 Å². The highest BCUT2D eigenvalue weighted by molar-refractivity contribution is 5.91. The van der Waals surface area contributed by atoms with Crippen LogP contribution in [0, 0.1) is 18.3 Å². The Morgan fingerprint density at radius 3 is 2.65 bits per heavy atom. The van der Waals surface area contributed by atoms with Crippen molar-refractivity contribution in [3.05, 3.63) is 77.4 Å². The molecule has 0 radical (unpaired) electrons. The van der Waals surface area contributed by atoms with Crippen LogP contribution in [0.3, 0.4) is 0 Å². The molecule has 1 saturated carbocycles. The van der Waals surface area contributed by atoms with Crippen molar-refractivity contribution in [2.24, 2.45) is 11.3 Å². The Hall–Kier alpha value is -2.32. The van der Waals surface area contributed by atoms with E-state index in [1.165, 1.54) is 53.5 Å². The molecule has 4 rings (SSSR count). The van der Waals surface area contributed by atoms with Gasteiger partial charge in [-0.25, -0.2) is 0 Å². The molecule has 1 unspecified atom stereocenters. The maximum atomic E-state index is 11.1. The third-order valence-electron chi connectivity index (χ3n) is 7.72. The van der Waals surface area contributed by atoms with Gasteiger partial charge in [-0.05, 0) is 79.0 Å². The fraction of sp³-hybridized carbons (Fsp3) is 0.448. The number of aliphatic hydroxyl groups is 1. The maximum absolute atomic E-state index is 11.1. The summed E-state index contributed by atoms with van der Waals surface area (Å²) in [7, 11) is 0. The van der Waals surface area contributed by atoms with Crippen molar-refractivity contribution in [2.75, 3.05) is 5.73 Å². The van der Waals surface area contributed by atoms with E-state index in [1.54, 1.807) is 0 Å². The van der Waals surface area contributed by atoms with Crippen molar-refractivity contribution in [2.45, 2.75) is 71.3 Å². The predicted octanol–water partition coefficient (Wildman–Crippen LogP) is 7.18. The number of aryl methyl sites for hydroxylation is 1. The number of nitrogen functional groups attached to an aromatic ring is 1. The molecule has 1 fully saturated rings. The van der Waals surface area contributed by atoms with E-state index in [1.807, 2.05) is 6.07 Å². The highest BCUT2D eigenvalue weighted by atomic mass is 16.3. The van der Waals surface area contributed by atoms with Crippen molar-refractivity contribution in [3.63, 3.8) is 0 Å². The number of anilines is 1. The van der Waals surface area contributed by atoms with Crippen molar-refractivity contribution < 1.29 is 5.11 Å². The smallest absolute Gasteiger partial charge is 0.0583 e. The monoisotopic (exact) mass is 415 g/mol. The topological polar surface area (TPSA) is 46.2 Å². The van der Waals surface area contributed by atoms with E-state index in [4.69, 9.17) is 5.73 Å². The zero-order valence-electron chi connectivity index (χ0n) is 19.2. The Kier molecular flexibility index (Phi) is 6.39. The van der Waals surface area contributed by atoms with Crippen LogP contribution in [0.2, 0.25) is 0 Å². The molecule has 0 bridgehead atoms. The molecule has 3 atom stereocenters. The molecule has 3 N–H and O–H groups in total. The van der Waals surface area contributed by atoms with E-state index < -0.39 is 0 Å². The highest BCUT2D eigenvalue weighted by Gasteiger charge is 2.56. The molecular formula is C29H37NO. The first-order valence-electron chi connectivity index (χ1n) is 12.0. The van der Waals surface area contributed by atoms with E-state index in [0.29, 0.717) is 0 Å². The summed E-state index contributed by atoms with van der Waals surface area (Å²) in [5.74, 6) is 0.206. The van der Waals surface area contributed by atoms with Gasteiger partial charge in [0.05, 0.1) is 6.10 Å². The number of unbranched alkanes of at least 4 members (excludes halogenated alkanes) is 3. The number of nitrogens with two attached hydrogens (primary N) is 1. The standard InChI is InChI=1S/C29H37NO/c1-4-5-6-8-13-23-18-26-27(31)16-17-29(26,21(3)22-11-9-7-10-12-22)28(23)25-19-24(30)15-14-20(25)2/h7,9-12,14-15,19,26-27,31H,3-6,8,13,16-18,30H2,1-2H3/t26?,27-,29+/m1/s1. The first-order valence-corrected chi connectivity index (χ1v) is 12.0. The number of hydrogen-bond donors (Lipinski definition) is 2. The molecule has 2 aromatic rings. The van der Waals surface area contributed by atoms with Gasteiger partial charge in [-0.15, -0.1) is 0 Å². The first-order chi connectivity index (χ1) is 15.0. The molecule has 2 nitrogen and oxygen atoms in total. The number of fused-ring (bicyclic) bond motifs is 1. The van der Waals surface area contributed by atoms with Gasteiger partial charge in [0, 0.05) is 17.0 Å². The molecule has 164 valence electrons. The second kappa shape index (κ2) is 9.04. The van der Waals surface area contributed by atoms with Gasteiger partial charge >= 0.3 is 0 Å². The van der Waals surface area contributed by atoms with Crippen LogP contribution in [0.25, 0.3) is 11.1 Å². The average molecular weight is 416 g/mol. The first kappa shape index (κ1) is 21.9. The van der Waals surface area contributed by atoms with E-state index in [0.717, 1.165) is 36.9 Å². The number of allylic oxidation sites excluding steroid dienone is 3. The van der Waals surface area contributed by atoms with E-state index in [2.05, 4.69) is 62.9 Å².